The van der Waals surface area contributed by atoms with Crippen molar-refractivity contribution in [3.05, 3.63) is 39.2 Å². The SMILES string of the molecule is Cc1cc(C(N)c2ccc(Br)o2)sn1. The van der Waals surface area contributed by atoms with Crippen LogP contribution in [0.4, 0.5) is 0 Å². The van der Waals surface area contributed by atoms with Gasteiger partial charge >= 0.3 is 0 Å². The number of hydrogen-bond acceptors (Lipinski definition) is 4. The van der Waals surface area contributed by atoms with E-state index in [1.165, 1.54) is 11.5 Å². The number of aryl methyl sites for hydroxylation is 1. The third kappa shape index (κ3) is 1.89. The third-order valence-electron chi connectivity index (χ3n) is 1.85. The zero-order valence-electron chi connectivity index (χ0n) is 7.53. The molecule has 0 bridgehead atoms. The fourth-order valence-corrected chi connectivity index (χ4v) is 2.24. The van der Waals surface area contributed by atoms with Gasteiger partial charge in [-0.2, -0.15) is 4.37 Å². The molecule has 0 aromatic carbocycles. The number of rotatable bonds is 2. The number of furan rings is 1. The number of halogens is 1. The van der Waals surface area contributed by atoms with Crippen molar-refractivity contribution in [3.8, 4) is 0 Å². The van der Waals surface area contributed by atoms with E-state index in [1.54, 1.807) is 0 Å². The molecule has 5 heteroatoms. The van der Waals surface area contributed by atoms with Crippen molar-refractivity contribution in [2.75, 3.05) is 0 Å². The Balaban J connectivity index is 2.28. The van der Waals surface area contributed by atoms with Crippen molar-refractivity contribution < 1.29 is 4.42 Å². The van der Waals surface area contributed by atoms with Crippen molar-refractivity contribution in [2.45, 2.75) is 13.0 Å². The van der Waals surface area contributed by atoms with Gasteiger partial charge in [-0.1, -0.05) is 0 Å². The van der Waals surface area contributed by atoms with Crippen molar-refractivity contribution in [3.63, 3.8) is 0 Å². The highest BCUT2D eigenvalue weighted by atomic mass is 79.9. The summed E-state index contributed by atoms with van der Waals surface area (Å²) in [5, 5.41) is 0. The molecular formula is C9H9BrN2OS. The predicted molar refractivity (Wildman–Crippen MR) is 59.3 cm³/mol. The molecule has 74 valence electrons. The first kappa shape index (κ1) is 9.89. The molecule has 0 aliphatic carbocycles. The van der Waals surface area contributed by atoms with Gasteiger partial charge in [0.2, 0.25) is 0 Å². The minimum atomic E-state index is -0.215. The van der Waals surface area contributed by atoms with Gasteiger partial charge in [0.1, 0.15) is 5.76 Å². The second-order valence-corrected chi connectivity index (χ2v) is 4.61. The molecule has 0 amide bonds. The fourth-order valence-electron chi connectivity index (χ4n) is 1.17. The molecule has 0 fully saturated rings. The lowest BCUT2D eigenvalue weighted by Gasteiger charge is -2.03. The predicted octanol–water partition coefficient (Wildman–Crippen LogP) is 2.86. The van der Waals surface area contributed by atoms with Crippen molar-refractivity contribution in [1.29, 1.82) is 0 Å². The van der Waals surface area contributed by atoms with Gasteiger partial charge < -0.3 is 10.2 Å². The Kier molecular flexibility index (Phi) is 2.71. The molecular weight excluding hydrogens is 264 g/mol. The van der Waals surface area contributed by atoms with Gasteiger partial charge in [0.15, 0.2) is 4.67 Å². The summed E-state index contributed by atoms with van der Waals surface area (Å²) in [6.07, 6.45) is 0. The molecule has 2 N–H and O–H groups in total. The molecule has 1 atom stereocenters. The summed E-state index contributed by atoms with van der Waals surface area (Å²) in [6.45, 7) is 1.95. The first-order valence-electron chi connectivity index (χ1n) is 4.11. The molecule has 0 spiro atoms. The van der Waals surface area contributed by atoms with Crippen LogP contribution in [0.1, 0.15) is 22.4 Å². The summed E-state index contributed by atoms with van der Waals surface area (Å²) in [4.78, 5) is 1.02. The van der Waals surface area contributed by atoms with Gasteiger partial charge in [-0.3, -0.25) is 0 Å². The van der Waals surface area contributed by atoms with E-state index < -0.39 is 0 Å². The smallest absolute Gasteiger partial charge is 0.169 e. The standard InChI is InChI=1S/C9H9BrN2OS/c1-5-4-7(14-12-5)9(11)6-2-3-8(10)13-6/h2-4,9H,11H2,1H3. The summed E-state index contributed by atoms with van der Waals surface area (Å²) in [5.41, 5.74) is 6.99. The lowest BCUT2D eigenvalue weighted by atomic mass is 10.2. The molecule has 0 aliphatic heterocycles. The van der Waals surface area contributed by atoms with Crippen LogP contribution >= 0.6 is 27.5 Å². The van der Waals surface area contributed by atoms with Crippen LogP contribution in [0.15, 0.2) is 27.3 Å². The van der Waals surface area contributed by atoms with E-state index in [-0.39, 0.29) is 6.04 Å². The Labute approximate surface area is 94.2 Å². The molecule has 14 heavy (non-hydrogen) atoms. The lowest BCUT2D eigenvalue weighted by Crippen LogP contribution is -2.08. The van der Waals surface area contributed by atoms with Gasteiger partial charge in [-0.25, -0.2) is 0 Å². The minimum Gasteiger partial charge on any atom is -0.452 e. The normalized spacial score (nSPS) is 13.1. The van der Waals surface area contributed by atoms with E-state index in [0.29, 0.717) is 4.67 Å². The Morgan fingerprint density at radius 1 is 1.57 bits per heavy atom. The molecule has 0 radical (unpaired) electrons. The van der Waals surface area contributed by atoms with Crippen LogP contribution in [0.3, 0.4) is 0 Å². The largest absolute Gasteiger partial charge is 0.452 e. The maximum Gasteiger partial charge on any atom is 0.169 e. The van der Waals surface area contributed by atoms with Gasteiger partial charge in [-0.05, 0) is 52.6 Å². The van der Waals surface area contributed by atoms with E-state index in [1.807, 2.05) is 25.1 Å². The van der Waals surface area contributed by atoms with Crippen LogP contribution in [-0.2, 0) is 0 Å². The monoisotopic (exact) mass is 272 g/mol. The molecule has 3 nitrogen and oxygen atoms in total. The zero-order valence-corrected chi connectivity index (χ0v) is 9.93. The molecule has 2 rings (SSSR count). The first-order chi connectivity index (χ1) is 6.66. The summed E-state index contributed by atoms with van der Waals surface area (Å²) in [7, 11) is 0. The first-order valence-corrected chi connectivity index (χ1v) is 5.67. The number of nitrogens with zero attached hydrogens (tertiary/aromatic N) is 1. The van der Waals surface area contributed by atoms with Crippen LogP contribution < -0.4 is 5.73 Å². The van der Waals surface area contributed by atoms with E-state index in [2.05, 4.69) is 20.3 Å². The van der Waals surface area contributed by atoms with E-state index >= 15 is 0 Å². The average Bonchev–Trinajstić information content (AvgIpc) is 2.73. The Hall–Kier alpha value is -0.650. The summed E-state index contributed by atoms with van der Waals surface area (Å²) in [6, 6.07) is 5.46. The van der Waals surface area contributed by atoms with Crippen LogP contribution in [0.25, 0.3) is 0 Å². The average molecular weight is 273 g/mol. The van der Waals surface area contributed by atoms with Crippen LogP contribution in [0.5, 0.6) is 0 Å². The van der Waals surface area contributed by atoms with E-state index in [9.17, 15) is 0 Å². The Morgan fingerprint density at radius 2 is 2.36 bits per heavy atom. The molecule has 0 aliphatic rings. The van der Waals surface area contributed by atoms with E-state index in [4.69, 9.17) is 10.2 Å². The lowest BCUT2D eigenvalue weighted by molar-refractivity contribution is 0.472. The Morgan fingerprint density at radius 3 is 2.86 bits per heavy atom. The Bertz CT molecular complexity index is 397. The minimum absolute atomic E-state index is 0.215. The fraction of sp³-hybridized carbons (Fsp3) is 0.222. The van der Waals surface area contributed by atoms with Crippen LogP contribution in [0.2, 0.25) is 0 Å². The molecule has 1 unspecified atom stereocenters. The van der Waals surface area contributed by atoms with Crippen LogP contribution in [-0.4, -0.2) is 4.37 Å². The highest BCUT2D eigenvalue weighted by molar-refractivity contribution is 9.10. The van der Waals surface area contributed by atoms with Crippen molar-refractivity contribution in [2.24, 2.45) is 5.73 Å². The van der Waals surface area contributed by atoms with Gasteiger partial charge in [0.25, 0.3) is 0 Å². The molecule has 2 aromatic rings. The maximum absolute atomic E-state index is 6.00. The number of nitrogens with two attached hydrogens (primary N) is 1. The molecule has 2 aromatic heterocycles. The quantitative estimate of drug-likeness (QED) is 0.915. The molecule has 0 saturated heterocycles. The zero-order chi connectivity index (χ0) is 10.1. The van der Waals surface area contributed by atoms with Gasteiger partial charge in [0.05, 0.1) is 16.6 Å². The summed E-state index contributed by atoms with van der Waals surface area (Å²) >= 11 is 4.66. The van der Waals surface area contributed by atoms with Crippen molar-refractivity contribution in [1.82, 2.24) is 4.37 Å². The van der Waals surface area contributed by atoms with Crippen molar-refractivity contribution >= 4 is 27.5 Å². The highest BCUT2D eigenvalue weighted by Gasteiger charge is 2.15. The number of hydrogen-bond donors (Lipinski definition) is 1. The second-order valence-electron chi connectivity index (χ2n) is 2.99. The highest BCUT2D eigenvalue weighted by Crippen LogP contribution is 2.26. The summed E-state index contributed by atoms with van der Waals surface area (Å²) in [5.74, 6) is 0.750. The second kappa shape index (κ2) is 3.84. The topological polar surface area (TPSA) is 52.0 Å². The van der Waals surface area contributed by atoms with E-state index in [0.717, 1.165) is 16.3 Å². The molecule has 0 saturated carbocycles. The molecule has 2 heterocycles. The summed E-state index contributed by atoms with van der Waals surface area (Å²) < 4.78 is 10.3. The van der Waals surface area contributed by atoms with Gasteiger partial charge in [-0.15, -0.1) is 0 Å². The maximum atomic E-state index is 6.00. The number of aromatic nitrogens is 1. The van der Waals surface area contributed by atoms with Gasteiger partial charge in [0, 0.05) is 0 Å². The third-order valence-corrected chi connectivity index (χ3v) is 3.24. The van der Waals surface area contributed by atoms with Crippen LogP contribution in [0, 0.1) is 6.92 Å².